The Morgan fingerprint density at radius 2 is 0.741 bits per heavy atom. The molecule has 0 saturated heterocycles. The Morgan fingerprint density at radius 1 is 0.278 bits per heavy atom. The molecule has 10 rings (SSSR count). The molecule has 0 aliphatic heterocycles. The second kappa shape index (κ2) is 13.4. The van der Waals surface area contributed by atoms with Gasteiger partial charge in [0.1, 0.15) is 0 Å². The highest BCUT2D eigenvalue weighted by atomic mass is 14.9. The van der Waals surface area contributed by atoms with Gasteiger partial charge in [-0.3, -0.25) is 0 Å². The highest BCUT2D eigenvalue weighted by molar-refractivity contribution is 6.22. The summed E-state index contributed by atoms with van der Waals surface area (Å²) in [4.78, 5) is 15.3. The molecule has 0 saturated carbocycles. The number of benzene rings is 8. The van der Waals surface area contributed by atoms with E-state index < -0.39 is 0 Å². The maximum absolute atomic E-state index is 5.19. The molecule has 3 nitrogen and oxygen atoms in total. The first kappa shape index (κ1) is 31.5. The van der Waals surface area contributed by atoms with Crippen LogP contribution in [0.1, 0.15) is 0 Å². The Bertz CT molecular complexity index is 2920. The van der Waals surface area contributed by atoms with Crippen LogP contribution in [0.15, 0.2) is 200 Å². The Morgan fingerprint density at radius 3 is 1.39 bits per heavy atom. The van der Waals surface area contributed by atoms with Crippen LogP contribution in [0.2, 0.25) is 0 Å². The van der Waals surface area contributed by atoms with Crippen LogP contribution in [0.5, 0.6) is 0 Å². The molecule has 0 atom stereocenters. The third kappa shape index (κ3) is 5.78. The quantitative estimate of drug-likeness (QED) is 0.163. The van der Waals surface area contributed by atoms with Crippen LogP contribution < -0.4 is 0 Å². The largest absolute Gasteiger partial charge is 0.247 e. The van der Waals surface area contributed by atoms with Gasteiger partial charge in [-0.2, -0.15) is 0 Å². The van der Waals surface area contributed by atoms with Crippen LogP contribution >= 0.6 is 0 Å². The number of nitrogens with zero attached hydrogens (tertiary/aromatic N) is 3. The summed E-state index contributed by atoms with van der Waals surface area (Å²) in [6.45, 7) is 0. The topological polar surface area (TPSA) is 38.7 Å². The summed E-state index contributed by atoms with van der Waals surface area (Å²) < 4.78 is 0. The average Bonchev–Trinajstić information content (AvgIpc) is 3.26. The van der Waals surface area contributed by atoms with Gasteiger partial charge in [-0.1, -0.05) is 188 Å². The van der Waals surface area contributed by atoms with Crippen molar-refractivity contribution in [3.63, 3.8) is 0 Å². The zero-order valence-electron chi connectivity index (χ0n) is 29.4. The van der Waals surface area contributed by atoms with E-state index in [1.54, 1.807) is 0 Å². The summed E-state index contributed by atoms with van der Waals surface area (Å²) >= 11 is 0. The third-order valence-electron chi connectivity index (χ3n) is 10.3. The second-order valence-corrected chi connectivity index (χ2v) is 13.6. The van der Waals surface area contributed by atoms with Crippen LogP contribution in [-0.2, 0) is 0 Å². The number of para-hydroxylation sites is 1. The van der Waals surface area contributed by atoms with E-state index in [0.717, 1.165) is 61.4 Å². The zero-order valence-corrected chi connectivity index (χ0v) is 29.4. The molecular weight excluding hydrogens is 655 g/mol. The van der Waals surface area contributed by atoms with E-state index in [-0.39, 0.29) is 0 Å². The molecule has 0 spiro atoms. The molecule has 0 aliphatic rings. The van der Waals surface area contributed by atoms with Gasteiger partial charge in [-0.05, 0) is 45.2 Å². The van der Waals surface area contributed by atoms with Gasteiger partial charge in [0.15, 0.2) is 5.82 Å². The van der Waals surface area contributed by atoms with Crippen molar-refractivity contribution in [1.29, 1.82) is 0 Å². The number of rotatable bonds is 6. The highest BCUT2D eigenvalue weighted by Gasteiger charge is 2.14. The summed E-state index contributed by atoms with van der Waals surface area (Å²) in [5.74, 6) is 0.696. The second-order valence-electron chi connectivity index (χ2n) is 13.6. The fourth-order valence-corrected chi connectivity index (χ4v) is 7.52. The molecule has 3 heteroatoms. The minimum Gasteiger partial charge on any atom is -0.247 e. The van der Waals surface area contributed by atoms with Gasteiger partial charge >= 0.3 is 0 Å². The summed E-state index contributed by atoms with van der Waals surface area (Å²) in [6.07, 6.45) is 0. The van der Waals surface area contributed by atoms with Crippen molar-refractivity contribution >= 4 is 32.4 Å². The van der Waals surface area contributed by atoms with Crippen molar-refractivity contribution in [3.8, 4) is 67.4 Å². The Labute approximate surface area is 313 Å². The van der Waals surface area contributed by atoms with Crippen LogP contribution in [-0.4, -0.2) is 15.0 Å². The standard InChI is InChI=1S/C51H33N3/c1-3-11-34(12-4-1)35-19-25-40(26-20-35)48-33-47(39-14-5-2-6-15-39)53-51(54-48)42-29-23-37(24-30-42)36-21-27-41(28-22-36)50-45-32-31-38-13-7-8-16-43(38)49(45)44-17-9-10-18-46(44)52-50/h1-33H. The van der Waals surface area contributed by atoms with Crippen LogP contribution in [0.4, 0.5) is 0 Å². The first-order chi connectivity index (χ1) is 26.7. The van der Waals surface area contributed by atoms with Gasteiger partial charge in [-0.25, -0.2) is 15.0 Å². The Hall–Kier alpha value is -7.23. The molecule has 10 aromatic rings. The highest BCUT2D eigenvalue weighted by Crippen LogP contribution is 2.38. The van der Waals surface area contributed by atoms with Crippen molar-refractivity contribution in [2.75, 3.05) is 0 Å². The minimum absolute atomic E-state index is 0.696. The first-order valence-electron chi connectivity index (χ1n) is 18.3. The molecule has 0 bridgehead atoms. The monoisotopic (exact) mass is 687 g/mol. The molecule has 0 amide bonds. The lowest BCUT2D eigenvalue weighted by molar-refractivity contribution is 1.18. The summed E-state index contributed by atoms with van der Waals surface area (Å²) in [6, 6.07) is 70.3. The van der Waals surface area contributed by atoms with Crippen molar-refractivity contribution < 1.29 is 0 Å². The molecule has 0 radical (unpaired) electrons. The summed E-state index contributed by atoms with van der Waals surface area (Å²) in [7, 11) is 0. The summed E-state index contributed by atoms with van der Waals surface area (Å²) in [5.41, 5.74) is 12.6. The van der Waals surface area contributed by atoms with Crippen molar-refractivity contribution in [2.24, 2.45) is 0 Å². The van der Waals surface area contributed by atoms with Gasteiger partial charge in [0.05, 0.1) is 22.6 Å². The van der Waals surface area contributed by atoms with Gasteiger partial charge in [0.2, 0.25) is 0 Å². The van der Waals surface area contributed by atoms with Gasteiger partial charge in [0.25, 0.3) is 0 Å². The summed E-state index contributed by atoms with van der Waals surface area (Å²) in [5, 5.41) is 6.07. The number of hydrogen-bond donors (Lipinski definition) is 0. The van der Waals surface area contributed by atoms with E-state index >= 15 is 0 Å². The van der Waals surface area contributed by atoms with E-state index in [1.165, 1.54) is 32.7 Å². The number of aromatic nitrogens is 3. The maximum atomic E-state index is 5.19. The Kier molecular flexibility index (Phi) is 7.81. The molecule has 0 fully saturated rings. The predicted octanol–water partition coefficient (Wildman–Crippen LogP) is 13.3. The lowest BCUT2D eigenvalue weighted by Gasteiger charge is -2.13. The number of hydrogen-bond acceptors (Lipinski definition) is 3. The molecular formula is C51H33N3. The minimum atomic E-state index is 0.696. The van der Waals surface area contributed by atoms with E-state index in [4.69, 9.17) is 15.0 Å². The Balaban J connectivity index is 0.991. The molecule has 54 heavy (non-hydrogen) atoms. The van der Waals surface area contributed by atoms with Crippen molar-refractivity contribution in [3.05, 3.63) is 200 Å². The van der Waals surface area contributed by atoms with E-state index in [0.29, 0.717) is 5.82 Å². The molecule has 252 valence electrons. The van der Waals surface area contributed by atoms with Crippen LogP contribution in [0.25, 0.3) is 99.9 Å². The van der Waals surface area contributed by atoms with Crippen LogP contribution in [0, 0.1) is 0 Å². The molecule has 0 unspecified atom stereocenters. The SMILES string of the molecule is c1ccc(-c2ccc(-c3cc(-c4ccccc4)nc(-c4ccc(-c5ccc(-c6nc7ccccc7c7c6ccc6ccccc67)cc5)cc4)n3)cc2)cc1. The normalized spacial score (nSPS) is 11.3. The van der Waals surface area contributed by atoms with Crippen LogP contribution in [0.3, 0.4) is 0 Å². The fourth-order valence-electron chi connectivity index (χ4n) is 7.52. The molecule has 0 N–H and O–H groups in total. The maximum Gasteiger partial charge on any atom is 0.160 e. The zero-order chi connectivity index (χ0) is 35.8. The molecule has 8 aromatic carbocycles. The smallest absolute Gasteiger partial charge is 0.160 e. The van der Waals surface area contributed by atoms with Gasteiger partial charge in [-0.15, -0.1) is 0 Å². The fraction of sp³-hybridized carbons (Fsp3) is 0. The third-order valence-corrected chi connectivity index (χ3v) is 10.3. The molecule has 2 heterocycles. The van der Waals surface area contributed by atoms with E-state index in [9.17, 15) is 0 Å². The lowest BCUT2D eigenvalue weighted by atomic mass is 9.94. The van der Waals surface area contributed by atoms with Gasteiger partial charge in [0, 0.05) is 38.4 Å². The van der Waals surface area contributed by atoms with Crippen molar-refractivity contribution in [1.82, 2.24) is 15.0 Å². The molecule has 2 aromatic heterocycles. The lowest BCUT2D eigenvalue weighted by Crippen LogP contribution is -1.96. The molecule has 0 aliphatic carbocycles. The number of pyridine rings is 1. The first-order valence-corrected chi connectivity index (χ1v) is 18.3. The van der Waals surface area contributed by atoms with E-state index in [1.807, 2.05) is 24.3 Å². The predicted molar refractivity (Wildman–Crippen MR) is 225 cm³/mol. The average molecular weight is 688 g/mol. The van der Waals surface area contributed by atoms with E-state index in [2.05, 4.69) is 176 Å². The number of fused-ring (bicyclic) bond motifs is 5. The van der Waals surface area contributed by atoms with Crippen molar-refractivity contribution in [2.45, 2.75) is 0 Å². The van der Waals surface area contributed by atoms with Gasteiger partial charge < -0.3 is 0 Å².